The Bertz CT molecular complexity index is 496. The molecule has 0 spiro atoms. The molecule has 1 heterocycles. The zero-order chi connectivity index (χ0) is 13.9. The molecule has 1 saturated carbocycles. The molecule has 2 fully saturated rings. The van der Waals surface area contributed by atoms with Gasteiger partial charge in [-0.3, -0.25) is 4.79 Å². The number of amides is 1. The highest BCUT2D eigenvalue weighted by Crippen LogP contribution is 2.39. The van der Waals surface area contributed by atoms with Crippen LogP contribution in [0.1, 0.15) is 31.2 Å². The number of carbonyl (C=O) groups excluding carboxylic acids is 2. The molecule has 1 atom stereocenters. The Morgan fingerprint density at radius 1 is 1.25 bits per heavy atom. The van der Waals surface area contributed by atoms with Crippen LogP contribution in [0, 0.1) is 5.92 Å². The first-order valence-electron chi connectivity index (χ1n) is 7.23. The average molecular weight is 273 g/mol. The third-order valence-electron chi connectivity index (χ3n) is 4.07. The van der Waals surface area contributed by atoms with Crippen LogP contribution in [0.5, 0.6) is 0 Å². The van der Waals surface area contributed by atoms with Gasteiger partial charge in [-0.2, -0.15) is 0 Å². The molecule has 3 rings (SSSR count). The molecule has 0 N–H and O–H groups in total. The van der Waals surface area contributed by atoms with Gasteiger partial charge in [-0.1, -0.05) is 30.3 Å². The number of hydrogen-bond acceptors (Lipinski definition) is 3. The lowest BCUT2D eigenvalue weighted by Gasteiger charge is -2.34. The Balaban J connectivity index is 1.59. The van der Waals surface area contributed by atoms with Crippen molar-refractivity contribution in [3.63, 3.8) is 0 Å². The maximum atomic E-state index is 12.2. The van der Waals surface area contributed by atoms with Crippen LogP contribution in [0.25, 0.3) is 0 Å². The highest BCUT2D eigenvalue weighted by molar-refractivity contribution is 5.82. The molecule has 1 aromatic carbocycles. The minimum Gasteiger partial charge on any atom is -0.445 e. The number of Topliss-reactive ketones (excluding diaryl/α,β-unsaturated/α-hetero) is 1. The van der Waals surface area contributed by atoms with Crippen LogP contribution < -0.4 is 0 Å². The van der Waals surface area contributed by atoms with Gasteiger partial charge in [-0.25, -0.2) is 4.79 Å². The molecular formula is C16H19NO3. The van der Waals surface area contributed by atoms with Crippen molar-refractivity contribution in [2.45, 2.75) is 38.3 Å². The molecular weight excluding hydrogens is 254 g/mol. The SMILES string of the molecule is O=C1CCN(C(=O)OCc2ccccc2)[C@@H](C2CC2)C1. The van der Waals surface area contributed by atoms with Gasteiger partial charge in [-0.05, 0) is 24.3 Å². The number of likely N-dealkylation sites (tertiary alicyclic amines) is 1. The van der Waals surface area contributed by atoms with Gasteiger partial charge < -0.3 is 9.64 Å². The molecule has 1 saturated heterocycles. The number of nitrogens with zero attached hydrogens (tertiary/aromatic N) is 1. The molecule has 1 aromatic rings. The maximum absolute atomic E-state index is 12.2. The van der Waals surface area contributed by atoms with E-state index in [9.17, 15) is 9.59 Å². The molecule has 4 nitrogen and oxygen atoms in total. The Kier molecular flexibility index (Phi) is 3.72. The van der Waals surface area contributed by atoms with E-state index in [0.29, 0.717) is 31.9 Å². The van der Waals surface area contributed by atoms with Crippen LogP contribution in [-0.4, -0.2) is 29.4 Å². The summed E-state index contributed by atoms with van der Waals surface area (Å²) in [4.78, 5) is 25.6. The average Bonchev–Trinajstić information content (AvgIpc) is 3.30. The summed E-state index contributed by atoms with van der Waals surface area (Å²) >= 11 is 0. The summed E-state index contributed by atoms with van der Waals surface area (Å²) in [6.07, 6.45) is 2.94. The first-order valence-corrected chi connectivity index (χ1v) is 7.23. The van der Waals surface area contributed by atoms with Crippen molar-refractivity contribution in [2.24, 2.45) is 5.92 Å². The molecule has 0 bridgehead atoms. The van der Waals surface area contributed by atoms with Crippen molar-refractivity contribution >= 4 is 11.9 Å². The van der Waals surface area contributed by atoms with Crippen LogP contribution in [0.4, 0.5) is 4.79 Å². The van der Waals surface area contributed by atoms with Gasteiger partial charge in [0.25, 0.3) is 0 Å². The van der Waals surface area contributed by atoms with E-state index < -0.39 is 0 Å². The summed E-state index contributed by atoms with van der Waals surface area (Å²) in [5.74, 6) is 0.775. The van der Waals surface area contributed by atoms with Crippen molar-refractivity contribution in [1.82, 2.24) is 4.90 Å². The van der Waals surface area contributed by atoms with Crippen LogP contribution >= 0.6 is 0 Å². The monoisotopic (exact) mass is 273 g/mol. The van der Waals surface area contributed by atoms with Crippen molar-refractivity contribution in [2.75, 3.05) is 6.54 Å². The number of ether oxygens (including phenoxy) is 1. The molecule has 106 valence electrons. The molecule has 4 heteroatoms. The molecule has 1 aliphatic heterocycles. The number of benzene rings is 1. The van der Waals surface area contributed by atoms with Crippen molar-refractivity contribution < 1.29 is 14.3 Å². The van der Waals surface area contributed by atoms with Gasteiger partial charge in [0.05, 0.1) is 0 Å². The first kappa shape index (κ1) is 13.2. The van der Waals surface area contributed by atoms with E-state index in [0.717, 1.165) is 18.4 Å². The summed E-state index contributed by atoms with van der Waals surface area (Å²) in [5.41, 5.74) is 0.983. The second kappa shape index (κ2) is 5.65. The van der Waals surface area contributed by atoms with E-state index in [1.807, 2.05) is 30.3 Å². The van der Waals surface area contributed by atoms with Crippen molar-refractivity contribution in [3.8, 4) is 0 Å². The second-order valence-corrected chi connectivity index (χ2v) is 5.63. The summed E-state index contributed by atoms with van der Waals surface area (Å²) in [5, 5.41) is 0. The van der Waals surface area contributed by atoms with Gasteiger partial charge in [0.15, 0.2) is 0 Å². The number of carbonyl (C=O) groups is 2. The van der Waals surface area contributed by atoms with Gasteiger partial charge in [0, 0.05) is 25.4 Å². The highest BCUT2D eigenvalue weighted by atomic mass is 16.6. The zero-order valence-corrected chi connectivity index (χ0v) is 11.5. The minimum absolute atomic E-state index is 0.0690. The quantitative estimate of drug-likeness (QED) is 0.850. The molecule has 1 amide bonds. The smallest absolute Gasteiger partial charge is 0.410 e. The molecule has 1 aliphatic carbocycles. The number of ketones is 1. The lowest BCUT2D eigenvalue weighted by Crippen LogP contribution is -2.47. The molecule has 2 aliphatic rings. The Hall–Kier alpha value is -1.84. The van der Waals surface area contributed by atoms with E-state index >= 15 is 0 Å². The standard InChI is InChI=1S/C16H19NO3/c18-14-8-9-17(15(10-14)13-6-7-13)16(19)20-11-12-4-2-1-3-5-12/h1-5,13,15H,6-11H2/t15-/m1/s1. The normalized spacial score (nSPS) is 22.7. The molecule has 0 aromatic heterocycles. The van der Waals surface area contributed by atoms with Gasteiger partial charge >= 0.3 is 6.09 Å². The third-order valence-corrected chi connectivity index (χ3v) is 4.07. The summed E-state index contributed by atoms with van der Waals surface area (Å²) in [7, 11) is 0. The van der Waals surface area contributed by atoms with E-state index in [4.69, 9.17) is 4.74 Å². The molecule has 20 heavy (non-hydrogen) atoms. The lowest BCUT2D eigenvalue weighted by molar-refractivity contribution is -0.123. The van der Waals surface area contributed by atoms with Crippen molar-refractivity contribution in [3.05, 3.63) is 35.9 Å². The Morgan fingerprint density at radius 3 is 2.70 bits per heavy atom. The largest absolute Gasteiger partial charge is 0.445 e. The number of rotatable bonds is 3. The summed E-state index contributed by atoms with van der Waals surface area (Å²) in [6, 6.07) is 9.73. The topological polar surface area (TPSA) is 46.6 Å². The summed E-state index contributed by atoms with van der Waals surface area (Å²) < 4.78 is 5.39. The second-order valence-electron chi connectivity index (χ2n) is 5.63. The van der Waals surface area contributed by atoms with E-state index in [1.54, 1.807) is 4.90 Å². The number of hydrogen-bond donors (Lipinski definition) is 0. The fourth-order valence-corrected chi connectivity index (χ4v) is 2.79. The van der Waals surface area contributed by atoms with E-state index in [1.165, 1.54) is 0 Å². The third kappa shape index (κ3) is 3.00. The van der Waals surface area contributed by atoms with Crippen molar-refractivity contribution in [1.29, 1.82) is 0 Å². The fraction of sp³-hybridized carbons (Fsp3) is 0.500. The zero-order valence-electron chi connectivity index (χ0n) is 11.5. The van der Waals surface area contributed by atoms with Crippen LogP contribution in [0.15, 0.2) is 30.3 Å². The predicted molar refractivity (Wildman–Crippen MR) is 74.1 cm³/mol. The summed E-state index contributed by atoms with van der Waals surface area (Å²) in [6.45, 7) is 0.801. The van der Waals surface area contributed by atoms with Gasteiger partial charge in [-0.15, -0.1) is 0 Å². The van der Waals surface area contributed by atoms with Crippen LogP contribution in [-0.2, 0) is 16.1 Å². The van der Waals surface area contributed by atoms with Crippen LogP contribution in [0.3, 0.4) is 0 Å². The van der Waals surface area contributed by atoms with E-state index in [2.05, 4.69) is 0 Å². The lowest BCUT2D eigenvalue weighted by atomic mass is 9.97. The van der Waals surface area contributed by atoms with Gasteiger partial charge in [0.1, 0.15) is 12.4 Å². The Labute approximate surface area is 118 Å². The van der Waals surface area contributed by atoms with Gasteiger partial charge in [0.2, 0.25) is 0 Å². The predicted octanol–water partition coefficient (Wildman–Crippen LogP) is 2.77. The van der Waals surface area contributed by atoms with E-state index in [-0.39, 0.29) is 17.9 Å². The maximum Gasteiger partial charge on any atom is 0.410 e. The minimum atomic E-state index is -0.279. The fourth-order valence-electron chi connectivity index (χ4n) is 2.79. The first-order chi connectivity index (χ1) is 9.74. The highest BCUT2D eigenvalue weighted by Gasteiger charge is 2.41. The number of piperidine rings is 1. The van der Waals surface area contributed by atoms with Crippen LogP contribution in [0.2, 0.25) is 0 Å². The Morgan fingerprint density at radius 2 is 2.00 bits per heavy atom. The molecule has 0 unspecified atom stereocenters. The molecule has 0 radical (unpaired) electrons.